The van der Waals surface area contributed by atoms with Crippen LogP contribution >= 0.6 is 23.4 Å². The molecule has 0 radical (unpaired) electrons. The van der Waals surface area contributed by atoms with Crippen molar-refractivity contribution in [3.63, 3.8) is 0 Å². The van der Waals surface area contributed by atoms with E-state index in [9.17, 15) is 13.6 Å². The van der Waals surface area contributed by atoms with Crippen LogP contribution in [0.1, 0.15) is 10.4 Å². The van der Waals surface area contributed by atoms with Crippen molar-refractivity contribution in [1.29, 1.82) is 0 Å². The highest BCUT2D eigenvalue weighted by atomic mass is 35.5. The van der Waals surface area contributed by atoms with Gasteiger partial charge in [-0.3, -0.25) is 4.79 Å². The van der Waals surface area contributed by atoms with Crippen LogP contribution in [0.5, 0.6) is 0 Å². The summed E-state index contributed by atoms with van der Waals surface area (Å²) in [4.78, 5) is 11.7. The van der Waals surface area contributed by atoms with Crippen LogP contribution in [0.3, 0.4) is 0 Å². The Kier molecular flexibility index (Phi) is 2.51. The zero-order valence-corrected chi connectivity index (χ0v) is 9.46. The van der Waals surface area contributed by atoms with Crippen LogP contribution < -0.4 is 11.5 Å². The third-order valence-corrected chi connectivity index (χ3v) is 3.79. The molecule has 86 valence electrons. The van der Waals surface area contributed by atoms with Crippen molar-refractivity contribution in [2.45, 2.75) is 10.8 Å². The van der Waals surface area contributed by atoms with Gasteiger partial charge in [-0.1, -0.05) is 11.6 Å². The van der Waals surface area contributed by atoms with Gasteiger partial charge in [0, 0.05) is 10.6 Å². The number of carbonyl (C=O) groups excluding carboxylic acids is 1. The number of rotatable bonds is 0. The maximum Gasteiger partial charge on any atom is 0.319 e. The van der Waals surface area contributed by atoms with Gasteiger partial charge in [0.15, 0.2) is 0 Å². The summed E-state index contributed by atoms with van der Waals surface area (Å²) < 4.78 is 26.4. The van der Waals surface area contributed by atoms with Gasteiger partial charge >= 0.3 is 5.92 Å². The highest BCUT2D eigenvalue weighted by molar-refractivity contribution is 7.99. The van der Waals surface area contributed by atoms with E-state index in [2.05, 4.69) is 0 Å². The fraction of sp³-hybridized carbons (Fsp3) is 0.222. The van der Waals surface area contributed by atoms with Crippen molar-refractivity contribution in [2.24, 2.45) is 0 Å². The van der Waals surface area contributed by atoms with Crippen molar-refractivity contribution in [3.05, 3.63) is 16.7 Å². The van der Waals surface area contributed by atoms with Gasteiger partial charge in [-0.25, -0.2) is 0 Å². The highest BCUT2D eigenvalue weighted by Gasteiger charge is 2.45. The molecule has 1 aliphatic heterocycles. The second kappa shape index (κ2) is 3.49. The summed E-state index contributed by atoms with van der Waals surface area (Å²) in [5.41, 5.74) is 11.0. The molecule has 1 aromatic carbocycles. The number of fused-ring (bicyclic) bond motifs is 1. The molecule has 16 heavy (non-hydrogen) atoms. The Labute approximate surface area is 99.1 Å². The normalized spacial score (nSPS) is 18.3. The zero-order chi connectivity index (χ0) is 12.1. The number of anilines is 2. The molecule has 0 atom stereocenters. The molecule has 4 N–H and O–H groups in total. The van der Waals surface area contributed by atoms with Gasteiger partial charge in [0.05, 0.1) is 22.0 Å². The molecule has 0 fully saturated rings. The SMILES string of the molecule is Nc1cc(Cl)c(N)c2c1C(=O)C(F)(F)CS2. The Morgan fingerprint density at radius 2 is 2.06 bits per heavy atom. The molecule has 0 bridgehead atoms. The molecule has 0 aliphatic carbocycles. The van der Waals surface area contributed by atoms with Gasteiger partial charge in [0.25, 0.3) is 0 Å². The first kappa shape index (κ1) is 11.5. The lowest BCUT2D eigenvalue weighted by Gasteiger charge is -2.24. The summed E-state index contributed by atoms with van der Waals surface area (Å²) >= 11 is 6.55. The number of halogens is 3. The molecule has 2 rings (SSSR count). The Morgan fingerprint density at radius 1 is 1.44 bits per heavy atom. The van der Waals surface area contributed by atoms with Gasteiger partial charge < -0.3 is 11.5 Å². The van der Waals surface area contributed by atoms with E-state index in [1.165, 1.54) is 6.07 Å². The van der Waals surface area contributed by atoms with Crippen molar-refractivity contribution >= 4 is 40.5 Å². The van der Waals surface area contributed by atoms with Crippen LogP contribution in [-0.2, 0) is 0 Å². The van der Waals surface area contributed by atoms with Gasteiger partial charge in [-0.05, 0) is 6.07 Å². The van der Waals surface area contributed by atoms with Crippen molar-refractivity contribution in [3.8, 4) is 0 Å². The van der Waals surface area contributed by atoms with Crippen LogP contribution in [0.4, 0.5) is 20.2 Å². The average molecular weight is 265 g/mol. The molecule has 0 unspecified atom stereocenters. The number of nitrogens with two attached hydrogens (primary N) is 2. The minimum absolute atomic E-state index is 0.0638. The topological polar surface area (TPSA) is 69.1 Å². The predicted octanol–water partition coefficient (Wildman–Crippen LogP) is 2.43. The van der Waals surface area contributed by atoms with Crippen LogP contribution in [0.2, 0.25) is 5.02 Å². The van der Waals surface area contributed by atoms with E-state index in [0.29, 0.717) is 0 Å². The Balaban J connectivity index is 2.70. The van der Waals surface area contributed by atoms with Crippen LogP contribution in [0.25, 0.3) is 0 Å². The smallest absolute Gasteiger partial charge is 0.319 e. The van der Waals surface area contributed by atoms with Gasteiger partial charge in [0.1, 0.15) is 0 Å². The lowest BCUT2D eigenvalue weighted by Crippen LogP contribution is -2.35. The number of thioether (sulfide) groups is 1. The second-order valence-corrected chi connectivity index (χ2v) is 4.78. The maximum absolute atomic E-state index is 13.2. The van der Waals surface area contributed by atoms with Crippen LogP contribution in [0.15, 0.2) is 11.0 Å². The molecule has 1 aromatic rings. The van der Waals surface area contributed by atoms with E-state index in [0.717, 1.165) is 11.8 Å². The first-order valence-electron chi connectivity index (χ1n) is 4.27. The quantitative estimate of drug-likeness (QED) is 0.706. The molecular weight excluding hydrogens is 258 g/mol. The van der Waals surface area contributed by atoms with Crippen molar-refractivity contribution in [2.75, 3.05) is 17.2 Å². The number of Topliss-reactive ketones (excluding diaryl/α,β-unsaturated/α-hetero) is 1. The fourth-order valence-electron chi connectivity index (χ4n) is 1.46. The van der Waals surface area contributed by atoms with E-state index in [1.54, 1.807) is 0 Å². The molecular formula is C9H7ClF2N2OS. The lowest BCUT2D eigenvalue weighted by atomic mass is 10.0. The molecule has 7 heteroatoms. The predicted molar refractivity (Wildman–Crippen MR) is 60.3 cm³/mol. The lowest BCUT2D eigenvalue weighted by molar-refractivity contribution is 0.0239. The van der Waals surface area contributed by atoms with Crippen LogP contribution in [-0.4, -0.2) is 17.5 Å². The fourth-order valence-corrected chi connectivity index (χ4v) is 2.80. The van der Waals surface area contributed by atoms with E-state index in [4.69, 9.17) is 23.1 Å². The molecule has 0 aromatic heterocycles. The minimum Gasteiger partial charge on any atom is -0.398 e. The Hall–Kier alpha value is -1.01. The third-order valence-electron chi connectivity index (χ3n) is 2.26. The van der Waals surface area contributed by atoms with E-state index in [-0.39, 0.29) is 26.9 Å². The van der Waals surface area contributed by atoms with Gasteiger partial charge in [0.2, 0.25) is 5.78 Å². The first-order chi connectivity index (χ1) is 7.34. The van der Waals surface area contributed by atoms with Gasteiger partial charge in [-0.15, -0.1) is 11.8 Å². The number of alkyl halides is 2. The summed E-state index contributed by atoms with van der Waals surface area (Å²) in [5, 5.41) is 0.168. The molecule has 0 spiro atoms. The average Bonchev–Trinajstić information content (AvgIpc) is 2.19. The first-order valence-corrected chi connectivity index (χ1v) is 5.64. The zero-order valence-electron chi connectivity index (χ0n) is 7.89. The minimum atomic E-state index is -3.40. The van der Waals surface area contributed by atoms with Crippen molar-refractivity contribution < 1.29 is 13.6 Å². The second-order valence-electron chi connectivity index (χ2n) is 3.39. The van der Waals surface area contributed by atoms with E-state index in [1.807, 2.05) is 0 Å². The number of hydrogen-bond donors (Lipinski definition) is 2. The highest BCUT2D eigenvalue weighted by Crippen LogP contribution is 2.45. The summed E-state index contributed by atoms with van der Waals surface area (Å²) in [5.74, 6) is -5.32. The molecule has 1 heterocycles. The van der Waals surface area contributed by atoms with Crippen LogP contribution in [0, 0.1) is 0 Å². The van der Waals surface area contributed by atoms with E-state index < -0.39 is 17.5 Å². The number of nitrogen functional groups attached to an aromatic ring is 2. The van der Waals surface area contributed by atoms with E-state index >= 15 is 0 Å². The molecule has 1 aliphatic rings. The summed E-state index contributed by atoms with van der Waals surface area (Å²) in [7, 11) is 0. The monoisotopic (exact) mass is 264 g/mol. The number of benzene rings is 1. The summed E-state index contributed by atoms with van der Waals surface area (Å²) in [6, 6.07) is 1.22. The number of ketones is 1. The molecule has 0 saturated carbocycles. The molecule has 0 saturated heterocycles. The summed E-state index contributed by atoms with van der Waals surface area (Å²) in [6.07, 6.45) is 0. The molecule has 0 amide bonds. The maximum atomic E-state index is 13.2. The molecule has 3 nitrogen and oxygen atoms in total. The van der Waals surface area contributed by atoms with Gasteiger partial charge in [-0.2, -0.15) is 8.78 Å². The Morgan fingerprint density at radius 3 is 2.69 bits per heavy atom. The third kappa shape index (κ3) is 1.53. The summed E-state index contributed by atoms with van der Waals surface area (Å²) in [6.45, 7) is 0. The number of carbonyl (C=O) groups is 1. The number of hydrogen-bond acceptors (Lipinski definition) is 4. The van der Waals surface area contributed by atoms with Crippen molar-refractivity contribution in [1.82, 2.24) is 0 Å². The standard InChI is InChI=1S/C9H7ClF2N2OS/c10-3-1-4(13)5-7(6(3)14)16-2-9(11,12)8(5)15/h1H,2,13-14H2. The largest absolute Gasteiger partial charge is 0.398 e. The Bertz CT molecular complexity index is 493.